The highest BCUT2D eigenvalue weighted by Gasteiger charge is 2.25. The maximum Gasteiger partial charge on any atom is 0.342 e. The number of aromatic nitrogens is 5. The molecular weight excluding hydrogens is 288 g/mol. The summed E-state index contributed by atoms with van der Waals surface area (Å²) in [6.07, 6.45) is 2.35. The van der Waals surface area contributed by atoms with Gasteiger partial charge in [0.1, 0.15) is 17.7 Å². The molecular formula is C9H12N6O4S. The number of carbonyl (C=O) groups is 1. The van der Waals surface area contributed by atoms with Gasteiger partial charge in [-0.05, 0) is 6.92 Å². The standard InChI is InChI=1S/C9H12N6O4S/c1-2-19-9(16)6-3-11-15-8(6)20(17,18)13-4-7-10-5-12-14-7/h3,5,13H,2,4H2,1H3,(H,11,15)(H,10,12,14). The Morgan fingerprint density at radius 1 is 1.40 bits per heavy atom. The maximum atomic E-state index is 12.1. The molecule has 2 heterocycles. The summed E-state index contributed by atoms with van der Waals surface area (Å²) >= 11 is 0. The number of sulfonamides is 1. The van der Waals surface area contributed by atoms with Crippen molar-refractivity contribution in [3.05, 3.63) is 23.9 Å². The zero-order valence-corrected chi connectivity index (χ0v) is 11.3. The van der Waals surface area contributed by atoms with Crippen LogP contribution in [-0.4, -0.2) is 46.4 Å². The predicted octanol–water partition coefficient (Wildman–Crippen LogP) is -0.817. The van der Waals surface area contributed by atoms with Gasteiger partial charge in [0.05, 0.1) is 19.3 Å². The monoisotopic (exact) mass is 300 g/mol. The van der Waals surface area contributed by atoms with Gasteiger partial charge in [0.25, 0.3) is 10.0 Å². The van der Waals surface area contributed by atoms with Crippen LogP contribution in [-0.2, 0) is 21.3 Å². The average Bonchev–Trinajstić information content (AvgIpc) is 3.08. The number of nitrogens with one attached hydrogen (secondary N) is 3. The molecule has 10 nitrogen and oxygen atoms in total. The molecule has 20 heavy (non-hydrogen) atoms. The molecule has 0 bridgehead atoms. The van der Waals surface area contributed by atoms with Gasteiger partial charge in [-0.3, -0.25) is 10.2 Å². The highest BCUT2D eigenvalue weighted by Crippen LogP contribution is 2.13. The first kappa shape index (κ1) is 14.1. The number of aromatic amines is 2. The van der Waals surface area contributed by atoms with Crippen LogP contribution < -0.4 is 4.72 Å². The number of esters is 1. The van der Waals surface area contributed by atoms with Gasteiger partial charge in [0.15, 0.2) is 5.03 Å². The van der Waals surface area contributed by atoms with E-state index in [0.29, 0.717) is 5.82 Å². The van der Waals surface area contributed by atoms with Crippen LogP contribution in [0.3, 0.4) is 0 Å². The Kier molecular flexibility index (Phi) is 4.10. The third-order valence-electron chi connectivity index (χ3n) is 2.26. The lowest BCUT2D eigenvalue weighted by atomic mass is 10.4. The number of H-pyrrole nitrogens is 2. The van der Waals surface area contributed by atoms with E-state index in [1.807, 2.05) is 0 Å². The first-order valence-electron chi connectivity index (χ1n) is 5.59. The third kappa shape index (κ3) is 3.00. The minimum absolute atomic E-state index is 0.0936. The molecule has 108 valence electrons. The molecule has 0 unspecified atom stereocenters. The molecule has 11 heteroatoms. The van der Waals surface area contributed by atoms with Crippen LogP contribution in [0.1, 0.15) is 23.1 Å². The normalized spacial score (nSPS) is 11.4. The van der Waals surface area contributed by atoms with Crippen LogP contribution in [0.2, 0.25) is 0 Å². The summed E-state index contributed by atoms with van der Waals surface area (Å²) < 4.78 is 31.1. The summed E-state index contributed by atoms with van der Waals surface area (Å²) in [5.74, 6) is -0.424. The Morgan fingerprint density at radius 3 is 2.85 bits per heavy atom. The summed E-state index contributed by atoms with van der Waals surface area (Å²) in [6, 6.07) is 0. The lowest BCUT2D eigenvalue weighted by Gasteiger charge is -2.05. The predicted molar refractivity (Wildman–Crippen MR) is 65.0 cm³/mol. The van der Waals surface area contributed by atoms with E-state index in [4.69, 9.17) is 4.74 Å². The lowest BCUT2D eigenvalue weighted by molar-refractivity contribution is 0.0522. The van der Waals surface area contributed by atoms with Crippen molar-refractivity contribution < 1.29 is 17.9 Å². The van der Waals surface area contributed by atoms with E-state index in [-0.39, 0.29) is 23.7 Å². The van der Waals surface area contributed by atoms with Gasteiger partial charge >= 0.3 is 5.97 Å². The summed E-state index contributed by atoms with van der Waals surface area (Å²) in [6.45, 7) is 1.66. The highest BCUT2D eigenvalue weighted by atomic mass is 32.2. The first-order valence-corrected chi connectivity index (χ1v) is 7.07. The van der Waals surface area contributed by atoms with E-state index in [9.17, 15) is 13.2 Å². The Labute approximate surface area is 114 Å². The molecule has 0 saturated heterocycles. The van der Waals surface area contributed by atoms with Crippen LogP contribution in [0.5, 0.6) is 0 Å². The Morgan fingerprint density at radius 2 is 2.20 bits per heavy atom. The second-order valence-corrected chi connectivity index (χ2v) is 5.29. The second-order valence-electron chi connectivity index (χ2n) is 3.59. The molecule has 0 aromatic carbocycles. The molecule has 0 fully saturated rings. The van der Waals surface area contributed by atoms with Crippen LogP contribution in [0.25, 0.3) is 0 Å². The van der Waals surface area contributed by atoms with Gasteiger partial charge in [-0.1, -0.05) is 0 Å². The number of nitrogens with zero attached hydrogens (tertiary/aromatic N) is 3. The minimum atomic E-state index is -3.94. The molecule has 0 saturated carbocycles. The van der Waals surface area contributed by atoms with Crippen molar-refractivity contribution in [3.8, 4) is 0 Å². The van der Waals surface area contributed by atoms with Gasteiger partial charge < -0.3 is 4.74 Å². The van der Waals surface area contributed by atoms with Crippen molar-refractivity contribution in [3.63, 3.8) is 0 Å². The molecule has 0 radical (unpaired) electrons. The number of rotatable bonds is 6. The van der Waals surface area contributed by atoms with E-state index in [1.165, 1.54) is 6.33 Å². The number of ether oxygens (including phenoxy) is 1. The van der Waals surface area contributed by atoms with E-state index < -0.39 is 16.0 Å². The summed E-state index contributed by atoms with van der Waals surface area (Å²) in [7, 11) is -3.94. The minimum Gasteiger partial charge on any atom is -0.462 e. The maximum absolute atomic E-state index is 12.1. The van der Waals surface area contributed by atoms with Crippen molar-refractivity contribution in [1.82, 2.24) is 30.1 Å². The molecule has 2 aromatic heterocycles. The van der Waals surface area contributed by atoms with Crippen molar-refractivity contribution in [2.75, 3.05) is 6.61 Å². The fraction of sp³-hybridized carbons (Fsp3) is 0.333. The molecule has 2 rings (SSSR count). The number of hydrogen-bond donors (Lipinski definition) is 3. The smallest absolute Gasteiger partial charge is 0.342 e. The fourth-order valence-corrected chi connectivity index (χ4v) is 2.45. The number of hydrogen-bond acceptors (Lipinski definition) is 7. The van der Waals surface area contributed by atoms with Gasteiger partial charge in [-0.2, -0.15) is 10.2 Å². The zero-order chi connectivity index (χ0) is 14.6. The molecule has 0 atom stereocenters. The molecule has 2 aromatic rings. The average molecular weight is 300 g/mol. The lowest BCUT2D eigenvalue weighted by Crippen LogP contribution is -2.26. The first-order chi connectivity index (χ1) is 9.54. The quantitative estimate of drug-likeness (QED) is 0.591. The van der Waals surface area contributed by atoms with Gasteiger partial charge in [0, 0.05) is 0 Å². The Balaban J connectivity index is 2.17. The van der Waals surface area contributed by atoms with Crippen LogP contribution in [0.15, 0.2) is 17.6 Å². The van der Waals surface area contributed by atoms with Gasteiger partial charge in [0.2, 0.25) is 0 Å². The van der Waals surface area contributed by atoms with Gasteiger partial charge in [-0.15, -0.1) is 0 Å². The Hall–Kier alpha value is -2.27. The van der Waals surface area contributed by atoms with Crippen LogP contribution >= 0.6 is 0 Å². The van der Waals surface area contributed by atoms with E-state index in [1.54, 1.807) is 6.92 Å². The molecule has 3 N–H and O–H groups in total. The van der Waals surface area contributed by atoms with E-state index >= 15 is 0 Å². The second kappa shape index (κ2) is 5.79. The largest absolute Gasteiger partial charge is 0.462 e. The summed E-state index contributed by atoms with van der Waals surface area (Å²) in [5, 5.41) is 11.6. The molecule has 0 aliphatic heterocycles. The van der Waals surface area contributed by atoms with Crippen LogP contribution in [0.4, 0.5) is 0 Å². The van der Waals surface area contributed by atoms with E-state index in [2.05, 4.69) is 30.1 Å². The van der Waals surface area contributed by atoms with Crippen molar-refractivity contribution in [1.29, 1.82) is 0 Å². The summed E-state index contributed by atoms with van der Waals surface area (Å²) in [4.78, 5) is 15.4. The van der Waals surface area contributed by atoms with Crippen molar-refractivity contribution >= 4 is 16.0 Å². The van der Waals surface area contributed by atoms with E-state index in [0.717, 1.165) is 6.20 Å². The van der Waals surface area contributed by atoms with Gasteiger partial charge in [-0.25, -0.2) is 22.9 Å². The molecule has 0 aliphatic rings. The highest BCUT2D eigenvalue weighted by molar-refractivity contribution is 7.89. The third-order valence-corrected chi connectivity index (χ3v) is 3.64. The van der Waals surface area contributed by atoms with Crippen LogP contribution in [0, 0.1) is 0 Å². The number of carbonyl (C=O) groups excluding carboxylic acids is 1. The Bertz CT molecular complexity index is 677. The molecule has 0 spiro atoms. The topological polar surface area (TPSA) is 143 Å². The summed E-state index contributed by atoms with van der Waals surface area (Å²) in [5.41, 5.74) is -0.156. The molecule has 0 amide bonds. The fourth-order valence-electron chi connectivity index (χ4n) is 1.38. The van der Waals surface area contributed by atoms with Crippen molar-refractivity contribution in [2.24, 2.45) is 0 Å². The molecule has 0 aliphatic carbocycles. The zero-order valence-electron chi connectivity index (χ0n) is 10.5. The van der Waals surface area contributed by atoms with Crippen molar-refractivity contribution in [2.45, 2.75) is 18.5 Å². The SMILES string of the molecule is CCOC(=O)c1cn[nH]c1S(=O)(=O)NCc1ncn[nH]1.